The maximum atomic E-state index is 13.7. The third-order valence-electron chi connectivity index (χ3n) is 8.24. The first kappa shape index (κ1) is 31.4. The van der Waals surface area contributed by atoms with Crippen LogP contribution in [0, 0.1) is 13.8 Å². The Morgan fingerprint density at radius 1 is 0.783 bits per heavy atom. The van der Waals surface area contributed by atoms with E-state index in [1.807, 2.05) is 104 Å². The van der Waals surface area contributed by atoms with Crippen molar-refractivity contribution in [3.05, 3.63) is 137 Å². The number of aryl methyl sites for hydroxylation is 4. The highest BCUT2D eigenvalue weighted by Gasteiger charge is 2.23. The lowest BCUT2D eigenvalue weighted by Crippen LogP contribution is -2.35. The molecule has 0 saturated heterocycles. The number of imidazole rings is 1. The number of nitrogens with zero attached hydrogens (tertiary/aromatic N) is 3. The van der Waals surface area contributed by atoms with Crippen LogP contribution in [0.25, 0.3) is 33.4 Å². The highest BCUT2D eigenvalue weighted by molar-refractivity contribution is 7.89. The maximum Gasteiger partial charge on any atom is 0.243 e. The van der Waals surface area contributed by atoms with Gasteiger partial charge in [-0.25, -0.2) is 18.4 Å². The molecule has 8 heteroatoms. The van der Waals surface area contributed by atoms with Crippen molar-refractivity contribution < 1.29 is 13.5 Å². The van der Waals surface area contributed by atoms with Gasteiger partial charge in [0, 0.05) is 17.7 Å². The number of hydrogen-bond acceptors (Lipinski definition) is 5. The number of hydrogen-bond donors (Lipinski definition) is 2. The minimum Gasteiger partial charge on any atom is -0.378 e. The number of benzene rings is 4. The fourth-order valence-corrected chi connectivity index (χ4v) is 7.22. The van der Waals surface area contributed by atoms with Crippen molar-refractivity contribution in [1.29, 1.82) is 0 Å². The van der Waals surface area contributed by atoms with Crippen molar-refractivity contribution in [2.24, 2.45) is 0 Å². The van der Waals surface area contributed by atoms with Crippen LogP contribution in [0.1, 0.15) is 41.6 Å². The van der Waals surface area contributed by atoms with Crippen molar-refractivity contribution in [2.45, 2.75) is 57.7 Å². The molecule has 2 aromatic heterocycles. The second-order valence-corrected chi connectivity index (χ2v) is 13.3. The minimum absolute atomic E-state index is 0.114. The van der Waals surface area contributed by atoms with Gasteiger partial charge in [-0.1, -0.05) is 97.9 Å². The molecule has 0 amide bonds. The van der Waals surface area contributed by atoms with E-state index in [0.717, 1.165) is 62.5 Å². The van der Waals surface area contributed by atoms with Crippen LogP contribution in [0.3, 0.4) is 0 Å². The van der Waals surface area contributed by atoms with E-state index in [1.54, 1.807) is 6.07 Å². The van der Waals surface area contributed by atoms with Gasteiger partial charge in [-0.3, -0.25) is 0 Å². The molecule has 0 aliphatic rings. The van der Waals surface area contributed by atoms with E-state index in [-0.39, 0.29) is 11.3 Å². The molecule has 2 heterocycles. The molecule has 4 aromatic carbocycles. The van der Waals surface area contributed by atoms with Crippen molar-refractivity contribution >= 4 is 21.2 Å². The molecule has 7 nitrogen and oxygen atoms in total. The summed E-state index contributed by atoms with van der Waals surface area (Å²) in [6.45, 7) is 6.75. The van der Waals surface area contributed by atoms with E-state index < -0.39 is 16.3 Å². The van der Waals surface area contributed by atoms with E-state index in [4.69, 9.17) is 9.97 Å². The SMILES string of the molecule is CCc1nc2c(C)cc(C)nc2n1Cc1ccc(-c2cc(-c3ccccc3)ccc2S(=O)(=O)NC(O)CCc2ccccc2)cc1. The molecule has 6 rings (SSSR count). The molecule has 0 aliphatic carbocycles. The van der Waals surface area contributed by atoms with Crippen LogP contribution in [0.4, 0.5) is 0 Å². The molecular weight excluding hydrogens is 593 g/mol. The summed E-state index contributed by atoms with van der Waals surface area (Å²) < 4.78 is 32.1. The number of pyridine rings is 1. The summed E-state index contributed by atoms with van der Waals surface area (Å²) in [6.07, 6.45) is 0.357. The van der Waals surface area contributed by atoms with Crippen molar-refractivity contribution in [1.82, 2.24) is 19.3 Å². The average Bonchev–Trinajstić information content (AvgIpc) is 3.42. The molecule has 0 spiro atoms. The summed E-state index contributed by atoms with van der Waals surface area (Å²) in [5, 5.41) is 10.7. The van der Waals surface area contributed by atoms with Gasteiger partial charge in [0.2, 0.25) is 10.0 Å². The first-order valence-corrected chi connectivity index (χ1v) is 17.1. The molecule has 46 heavy (non-hydrogen) atoms. The Bertz CT molecular complexity index is 2070. The van der Waals surface area contributed by atoms with E-state index in [0.29, 0.717) is 18.5 Å². The number of rotatable bonds is 11. The second-order valence-electron chi connectivity index (χ2n) is 11.7. The van der Waals surface area contributed by atoms with Crippen LogP contribution < -0.4 is 4.72 Å². The fraction of sp³-hybridized carbons (Fsp3) is 0.211. The highest BCUT2D eigenvalue weighted by atomic mass is 32.2. The third kappa shape index (κ3) is 6.79. The molecule has 0 saturated carbocycles. The summed E-state index contributed by atoms with van der Waals surface area (Å²) in [5.74, 6) is 0.973. The Morgan fingerprint density at radius 2 is 1.46 bits per heavy atom. The summed E-state index contributed by atoms with van der Waals surface area (Å²) in [5.41, 5.74) is 9.15. The average molecular weight is 631 g/mol. The topological polar surface area (TPSA) is 97.1 Å². The standard InChI is InChI=1S/C38H38N4O3S/c1-4-35-40-37-26(2)23-27(3)39-38(37)42(35)25-29-15-18-31(19-16-29)33-24-32(30-13-9-6-10-14-30)20-21-34(33)46(44,45)41-36(43)22-17-28-11-7-5-8-12-28/h5-16,18-21,23-24,36,41,43H,4,17,22,25H2,1-3H3. The highest BCUT2D eigenvalue weighted by Crippen LogP contribution is 2.33. The van der Waals surface area contributed by atoms with E-state index in [2.05, 4.69) is 29.2 Å². The molecule has 0 fully saturated rings. The van der Waals surface area contributed by atoms with Gasteiger partial charge in [0.15, 0.2) is 5.65 Å². The monoisotopic (exact) mass is 630 g/mol. The van der Waals surface area contributed by atoms with Gasteiger partial charge in [0.05, 0.1) is 11.4 Å². The number of aliphatic hydroxyl groups excluding tert-OH is 1. The van der Waals surface area contributed by atoms with Crippen molar-refractivity contribution in [3.63, 3.8) is 0 Å². The van der Waals surface area contributed by atoms with Crippen LogP contribution in [0.2, 0.25) is 0 Å². The largest absolute Gasteiger partial charge is 0.378 e. The van der Waals surface area contributed by atoms with E-state index in [9.17, 15) is 13.5 Å². The lowest BCUT2D eigenvalue weighted by atomic mass is 9.98. The Kier molecular flexibility index (Phi) is 9.12. The second kappa shape index (κ2) is 13.4. The number of fused-ring (bicyclic) bond motifs is 1. The zero-order chi connectivity index (χ0) is 32.3. The van der Waals surface area contributed by atoms with Gasteiger partial charge in [0.1, 0.15) is 17.6 Å². The summed E-state index contributed by atoms with van der Waals surface area (Å²) >= 11 is 0. The molecule has 2 N–H and O–H groups in total. The minimum atomic E-state index is -4.05. The smallest absolute Gasteiger partial charge is 0.243 e. The van der Waals surface area contributed by atoms with Crippen LogP contribution in [-0.4, -0.2) is 34.3 Å². The molecule has 0 bridgehead atoms. The zero-order valence-electron chi connectivity index (χ0n) is 26.3. The lowest BCUT2D eigenvalue weighted by Gasteiger charge is -2.17. The Labute approximate surface area is 270 Å². The fourth-order valence-electron chi connectivity index (χ4n) is 5.91. The molecule has 0 radical (unpaired) electrons. The van der Waals surface area contributed by atoms with E-state index >= 15 is 0 Å². The van der Waals surface area contributed by atoms with Gasteiger partial charge in [-0.2, -0.15) is 4.72 Å². The number of aromatic nitrogens is 3. The van der Waals surface area contributed by atoms with Crippen LogP contribution in [0.5, 0.6) is 0 Å². The predicted molar refractivity (Wildman–Crippen MR) is 184 cm³/mol. The molecule has 1 unspecified atom stereocenters. The van der Waals surface area contributed by atoms with Gasteiger partial charge in [-0.15, -0.1) is 0 Å². The van der Waals surface area contributed by atoms with Gasteiger partial charge < -0.3 is 9.67 Å². The molecule has 1 atom stereocenters. The quantitative estimate of drug-likeness (QED) is 0.147. The molecule has 234 valence electrons. The Morgan fingerprint density at radius 3 is 2.15 bits per heavy atom. The Balaban J connectivity index is 1.32. The molecule has 6 aromatic rings. The number of aliphatic hydroxyl groups is 1. The van der Waals surface area contributed by atoms with Gasteiger partial charge in [-0.05, 0) is 78.3 Å². The molecule has 0 aliphatic heterocycles. The molecular formula is C38H38N4O3S. The summed E-state index contributed by atoms with van der Waals surface area (Å²) in [4.78, 5) is 9.79. The zero-order valence-corrected chi connectivity index (χ0v) is 27.1. The van der Waals surface area contributed by atoms with Crippen LogP contribution >= 0.6 is 0 Å². The van der Waals surface area contributed by atoms with Crippen LogP contribution in [-0.2, 0) is 29.4 Å². The van der Waals surface area contributed by atoms with E-state index in [1.165, 1.54) is 0 Å². The van der Waals surface area contributed by atoms with Crippen LogP contribution in [0.15, 0.2) is 114 Å². The predicted octanol–water partition coefficient (Wildman–Crippen LogP) is 7.22. The first-order valence-electron chi connectivity index (χ1n) is 15.6. The van der Waals surface area contributed by atoms with Gasteiger partial charge >= 0.3 is 0 Å². The first-order chi connectivity index (χ1) is 22.2. The lowest BCUT2D eigenvalue weighted by molar-refractivity contribution is 0.154. The number of nitrogens with one attached hydrogen (secondary N) is 1. The summed E-state index contributed by atoms with van der Waals surface area (Å²) in [6, 6.07) is 34.9. The Hall–Kier alpha value is -4.63. The maximum absolute atomic E-state index is 13.7. The van der Waals surface area contributed by atoms with Crippen molar-refractivity contribution in [2.75, 3.05) is 0 Å². The van der Waals surface area contributed by atoms with Gasteiger partial charge in [0.25, 0.3) is 0 Å². The third-order valence-corrected chi connectivity index (χ3v) is 9.76. The number of sulfonamides is 1. The normalized spacial score (nSPS) is 12.4. The summed E-state index contributed by atoms with van der Waals surface area (Å²) in [7, 11) is -4.05. The van der Waals surface area contributed by atoms with Crippen molar-refractivity contribution in [3.8, 4) is 22.3 Å².